The Morgan fingerprint density at radius 2 is 1.81 bits per heavy atom. The zero-order valence-electron chi connectivity index (χ0n) is 15.7. The van der Waals surface area contributed by atoms with E-state index in [2.05, 4.69) is 12.2 Å². The van der Waals surface area contributed by atoms with E-state index in [1.807, 2.05) is 59.5 Å². The SMILES string of the molecule is CC1CCCCN1C(=O)c1ccc(CSCC(=O)Nc2ccccc2)cc1. The minimum absolute atomic E-state index is 0.00270. The van der Waals surface area contributed by atoms with Gasteiger partial charge in [0.15, 0.2) is 0 Å². The number of amides is 2. The Kier molecular flexibility index (Phi) is 6.93. The highest BCUT2D eigenvalue weighted by atomic mass is 32.2. The third kappa shape index (κ3) is 5.60. The average molecular weight is 383 g/mol. The van der Waals surface area contributed by atoms with Crippen LogP contribution in [0.5, 0.6) is 0 Å². The van der Waals surface area contributed by atoms with Crippen molar-refractivity contribution in [2.24, 2.45) is 0 Å². The van der Waals surface area contributed by atoms with Crippen molar-refractivity contribution in [3.05, 3.63) is 65.7 Å². The van der Waals surface area contributed by atoms with Crippen LogP contribution in [0.1, 0.15) is 42.1 Å². The van der Waals surface area contributed by atoms with E-state index in [0.717, 1.165) is 42.0 Å². The van der Waals surface area contributed by atoms with Gasteiger partial charge in [-0.25, -0.2) is 0 Å². The van der Waals surface area contributed by atoms with Gasteiger partial charge in [0.25, 0.3) is 5.91 Å². The van der Waals surface area contributed by atoms with E-state index >= 15 is 0 Å². The number of hydrogen-bond donors (Lipinski definition) is 1. The van der Waals surface area contributed by atoms with Crippen LogP contribution in [0.25, 0.3) is 0 Å². The summed E-state index contributed by atoms with van der Waals surface area (Å²) < 4.78 is 0. The molecule has 1 saturated heterocycles. The number of carbonyl (C=O) groups excluding carboxylic acids is 2. The monoisotopic (exact) mass is 382 g/mol. The molecule has 0 spiro atoms. The lowest BCUT2D eigenvalue weighted by molar-refractivity contribution is -0.113. The highest BCUT2D eigenvalue weighted by molar-refractivity contribution is 7.99. The summed E-state index contributed by atoms with van der Waals surface area (Å²) in [5.41, 5.74) is 2.69. The highest BCUT2D eigenvalue weighted by Gasteiger charge is 2.23. The molecule has 3 rings (SSSR count). The predicted octanol–water partition coefficient (Wildman–Crippen LogP) is 4.57. The number of para-hydroxylation sites is 1. The van der Waals surface area contributed by atoms with Crippen molar-refractivity contribution < 1.29 is 9.59 Å². The van der Waals surface area contributed by atoms with Crippen LogP contribution >= 0.6 is 11.8 Å². The van der Waals surface area contributed by atoms with Gasteiger partial charge in [0.1, 0.15) is 0 Å². The smallest absolute Gasteiger partial charge is 0.254 e. The summed E-state index contributed by atoms with van der Waals surface area (Å²) in [6.07, 6.45) is 3.39. The summed E-state index contributed by atoms with van der Waals surface area (Å²) in [5, 5.41) is 2.88. The van der Waals surface area contributed by atoms with Gasteiger partial charge in [-0.1, -0.05) is 30.3 Å². The quantitative estimate of drug-likeness (QED) is 0.796. The maximum Gasteiger partial charge on any atom is 0.254 e. The first kappa shape index (κ1) is 19.5. The third-order valence-electron chi connectivity index (χ3n) is 4.82. The van der Waals surface area contributed by atoms with Crippen molar-refractivity contribution in [2.75, 3.05) is 17.6 Å². The van der Waals surface area contributed by atoms with E-state index < -0.39 is 0 Å². The van der Waals surface area contributed by atoms with Gasteiger partial charge in [-0.3, -0.25) is 9.59 Å². The van der Waals surface area contributed by atoms with E-state index in [9.17, 15) is 9.59 Å². The maximum absolute atomic E-state index is 12.7. The minimum atomic E-state index is -0.00270. The first-order valence-corrected chi connectivity index (χ1v) is 10.6. The van der Waals surface area contributed by atoms with E-state index in [1.165, 1.54) is 6.42 Å². The number of hydrogen-bond acceptors (Lipinski definition) is 3. The molecule has 1 N–H and O–H groups in total. The Morgan fingerprint density at radius 3 is 2.52 bits per heavy atom. The molecule has 0 radical (unpaired) electrons. The molecule has 2 amide bonds. The molecular formula is C22H26N2O2S. The van der Waals surface area contributed by atoms with Gasteiger partial charge in [-0.2, -0.15) is 0 Å². The number of nitrogens with one attached hydrogen (secondary N) is 1. The lowest BCUT2D eigenvalue weighted by Gasteiger charge is -2.33. The van der Waals surface area contributed by atoms with Crippen LogP contribution in [0.15, 0.2) is 54.6 Å². The average Bonchev–Trinajstić information content (AvgIpc) is 2.69. The lowest BCUT2D eigenvalue weighted by atomic mass is 10.0. The summed E-state index contributed by atoms with van der Waals surface area (Å²) in [4.78, 5) is 26.6. The molecule has 1 aliphatic heterocycles. The predicted molar refractivity (Wildman–Crippen MR) is 112 cm³/mol. The zero-order valence-corrected chi connectivity index (χ0v) is 16.5. The summed E-state index contributed by atoms with van der Waals surface area (Å²) in [7, 11) is 0. The van der Waals surface area contributed by atoms with Crippen molar-refractivity contribution >= 4 is 29.3 Å². The second kappa shape index (κ2) is 9.60. The molecule has 0 bridgehead atoms. The molecule has 2 aromatic carbocycles. The third-order valence-corrected chi connectivity index (χ3v) is 5.83. The van der Waals surface area contributed by atoms with Gasteiger partial charge >= 0.3 is 0 Å². The number of carbonyl (C=O) groups is 2. The molecule has 2 aromatic rings. The van der Waals surface area contributed by atoms with Gasteiger partial charge < -0.3 is 10.2 Å². The standard InChI is InChI=1S/C22H26N2O2S/c1-17-7-5-6-14-24(17)22(26)19-12-10-18(11-13-19)15-27-16-21(25)23-20-8-3-2-4-9-20/h2-4,8-13,17H,5-7,14-16H2,1H3,(H,23,25). The van der Waals surface area contributed by atoms with E-state index in [-0.39, 0.29) is 11.8 Å². The van der Waals surface area contributed by atoms with Crippen molar-refractivity contribution in [3.8, 4) is 0 Å². The Morgan fingerprint density at radius 1 is 1.07 bits per heavy atom. The number of rotatable bonds is 6. The molecule has 5 heteroatoms. The van der Waals surface area contributed by atoms with Crippen molar-refractivity contribution in [2.45, 2.75) is 38.0 Å². The first-order chi connectivity index (χ1) is 13.1. The number of likely N-dealkylation sites (tertiary alicyclic amines) is 1. The van der Waals surface area contributed by atoms with Gasteiger partial charge in [0, 0.05) is 29.6 Å². The summed E-state index contributed by atoms with van der Waals surface area (Å²) in [5.74, 6) is 1.28. The van der Waals surface area contributed by atoms with Crippen LogP contribution in [0.3, 0.4) is 0 Å². The molecule has 142 valence electrons. The van der Waals surface area contributed by atoms with Crippen LogP contribution in [0.4, 0.5) is 5.69 Å². The second-order valence-corrected chi connectivity index (χ2v) is 7.93. The molecule has 0 aromatic heterocycles. The number of anilines is 1. The van der Waals surface area contributed by atoms with Gasteiger partial charge in [-0.15, -0.1) is 11.8 Å². The van der Waals surface area contributed by atoms with Crippen LogP contribution in [-0.4, -0.2) is 35.1 Å². The molecular weight excluding hydrogens is 356 g/mol. The molecule has 0 saturated carbocycles. The molecule has 27 heavy (non-hydrogen) atoms. The summed E-state index contributed by atoms with van der Waals surface area (Å²) >= 11 is 1.57. The summed E-state index contributed by atoms with van der Waals surface area (Å²) in [6, 6.07) is 17.6. The largest absolute Gasteiger partial charge is 0.336 e. The van der Waals surface area contributed by atoms with E-state index in [4.69, 9.17) is 0 Å². The van der Waals surface area contributed by atoms with Gasteiger partial charge in [0.2, 0.25) is 5.91 Å². The maximum atomic E-state index is 12.7. The van der Waals surface area contributed by atoms with E-state index in [1.54, 1.807) is 11.8 Å². The lowest BCUT2D eigenvalue weighted by Crippen LogP contribution is -2.42. The molecule has 0 aliphatic carbocycles. The zero-order chi connectivity index (χ0) is 19.1. The molecule has 1 aliphatic rings. The van der Waals surface area contributed by atoms with Crippen LogP contribution in [-0.2, 0) is 10.5 Å². The number of benzene rings is 2. The fourth-order valence-corrected chi connectivity index (χ4v) is 4.08. The highest BCUT2D eigenvalue weighted by Crippen LogP contribution is 2.20. The molecule has 1 unspecified atom stereocenters. The molecule has 1 atom stereocenters. The van der Waals surface area contributed by atoms with Gasteiger partial charge in [-0.05, 0) is 56.0 Å². The number of nitrogens with zero attached hydrogens (tertiary/aromatic N) is 1. The fourth-order valence-electron chi connectivity index (χ4n) is 3.29. The Bertz CT molecular complexity index is 762. The fraction of sp³-hybridized carbons (Fsp3) is 0.364. The van der Waals surface area contributed by atoms with Crippen LogP contribution < -0.4 is 5.32 Å². The Hall–Kier alpha value is -2.27. The summed E-state index contributed by atoms with van der Waals surface area (Å²) in [6.45, 7) is 2.98. The second-order valence-electron chi connectivity index (χ2n) is 6.95. The van der Waals surface area contributed by atoms with Crippen LogP contribution in [0.2, 0.25) is 0 Å². The Balaban J connectivity index is 1.46. The van der Waals surface area contributed by atoms with Crippen molar-refractivity contribution in [1.82, 2.24) is 4.90 Å². The molecule has 1 heterocycles. The normalized spacial score (nSPS) is 16.8. The first-order valence-electron chi connectivity index (χ1n) is 9.46. The van der Waals surface area contributed by atoms with Gasteiger partial charge in [0.05, 0.1) is 5.75 Å². The topological polar surface area (TPSA) is 49.4 Å². The Labute approximate surface area is 165 Å². The van der Waals surface area contributed by atoms with Crippen LogP contribution in [0, 0.1) is 0 Å². The molecule has 1 fully saturated rings. The van der Waals surface area contributed by atoms with Crippen molar-refractivity contribution in [1.29, 1.82) is 0 Å². The van der Waals surface area contributed by atoms with E-state index in [0.29, 0.717) is 11.8 Å². The number of piperidine rings is 1. The number of thioether (sulfide) groups is 1. The molecule has 4 nitrogen and oxygen atoms in total. The minimum Gasteiger partial charge on any atom is -0.336 e. The van der Waals surface area contributed by atoms with Crippen molar-refractivity contribution in [3.63, 3.8) is 0 Å².